The molecule has 0 aromatic carbocycles. The molecule has 0 saturated heterocycles. The number of nitrogens with one attached hydrogen (secondary N) is 1. The molecule has 2 aromatic rings. The van der Waals surface area contributed by atoms with Gasteiger partial charge in [-0.25, -0.2) is 19.6 Å². The van der Waals surface area contributed by atoms with Crippen LogP contribution in [0, 0.1) is 6.92 Å². The second-order valence-corrected chi connectivity index (χ2v) is 6.55. The van der Waals surface area contributed by atoms with Crippen molar-refractivity contribution >= 4 is 17.6 Å². The summed E-state index contributed by atoms with van der Waals surface area (Å²) in [5, 5.41) is 8.94. The van der Waals surface area contributed by atoms with E-state index < -0.39 is 0 Å². The number of hydrogen-bond donors (Lipinski definition) is 1. The van der Waals surface area contributed by atoms with Gasteiger partial charge in [0.05, 0.1) is 0 Å². The van der Waals surface area contributed by atoms with Crippen molar-refractivity contribution in [2.75, 3.05) is 12.4 Å². The van der Waals surface area contributed by atoms with Crippen molar-refractivity contribution in [1.29, 1.82) is 0 Å². The Balaban J connectivity index is 2.48. The van der Waals surface area contributed by atoms with Crippen molar-refractivity contribution in [3.05, 3.63) is 17.7 Å². The van der Waals surface area contributed by atoms with E-state index in [2.05, 4.69) is 41.2 Å². The molecule has 0 spiro atoms. The third kappa shape index (κ3) is 2.92. The quantitative estimate of drug-likeness (QED) is 0.876. The molecule has 0 radical (unpaired) electrons. The van der Waals surface area contributed by atoms with Crippen molar-refractivity contribution in [2.24, 2.45) is 7.05 Å². The SMILES string of the molecule is CNc1nc(C(C)(C)C)nc(Sc2ncnn2C)c1C. The number of hydrogen-bond acceptors (Lipinski definition) is 6. The lowest BCUT2D eigenvalue weighted by atomic mass is 9.95. The van der Waals surface area contributed by atoms with E-state index in [1.165, 1.54) is 11.8 Å². The zero-order valence-corrected chi connectivity index (χ0v) is 13.5. The first kappa shape index (κ1) is 14.8. The molecule has 1 N–H and O–H groups in total. The molecular formula is C13H20N6S. The van der Waals surface area contributed by atoms with Gasteiger partial charge in [0.15, 0.2) is 5.16 Å². The van der Waals surface area contributed by atoms with Crippen molar-refractivity contribution in [2.45, 2.75) is 43.3 Å². The summed E-state index contributed by atoms with van der Waals surface area (Å²) in [5.74, 6) is 1.67. The Morgan fingerprint density at radius 3 is 2.45 bits per heavy atom. The average Bonchev–Trinajstić information content (AvgIpc) is 2.76. The molecule has 2 heterocycles. The lowest BCUT2D eigenvalue weighted by Gasteiger charge is -2.19. The van der Waals surface area contributed by atoms with Crippen LogP contribution < -0.4 is 5.32 Å². The molecule has 20 heavy (non-hydrogen) atoms. The fourth-order valence-corrected chi connectivity index (χ4v) is 2.47. The van der Waals surface area contributed by atoms with E-state index in [-0.39, 0.29) is 5.41 Å². The van der Waals surface area contributed by atoms with Crippen LogP contribution in [0.3, 0.4) is 0 Å². The van der Waals surface area contributed by atoms with Gasteiger partial charge >= 0.3 is 0 Å². The second kappa shape index (κ2) is 5.40. The monoisotopic (exact) mass is 292 g/mol. The molecule has 0 unspecified atom stereocenters. The molecule has 0 aliphatic carbocycles. The third-order valence-electron chi connectivity index (χ3n) is 2.87. The maximum atomic E-state index is 4.70. The van der Waals surface area contributed by atoms with Gasteiger partial charge in [-0.15, -0.1) is 0 Å². The predicted octanol–water partition coefficient (Wildman–Crippen LogP) is 2.40. The summed E-state index contributed by atoms with van der Waals surface area (Å²) in [4.78, 5) is 13.5. The van der Waals surface area contributed by atoms with Gasteiger partial charge in [-0.1, -0.05) is 20.8 Å². The molecule has 0 bridgehead atoms. The van der Waals surface area contributed by atoms with Gasteiger partial charge in [-0.3, -0.25) is 0 Å². The van der Waals surface area contributed by atoms with Gasteiger partial charge in [0.2, 0.25) is 0 Å². The Bertz CT molecular complexity index is 614. The number of aryl methyl sites for hydroxylation is 1. The summed E-state index contributed by atoms with van der Waals surface area (Å²) >= 11 is 1.51. The molecule has 0 amide bonds. The standard InChI is InChI=1S/C13H20N6S/c1-8-9(14-5)17-11(13(2,3)4)18-10(8)20-12-15-7-16-19(12)6/h7H,1-6H3,(H,14,17,18). The van der Waals surface area contributed by atoms with Crippen LogP contribution in [-0.2, 0) is 12.5 Å². The largest absolute Gasteiger partial charge is 0.373 e. The van der Waals surface area contributed by atoms with E-state index in [0.717, 1.165) is 27.4 Å². The highest BCUT2D eigenvalue weighted by atomic mass is 32.2. The minimum Gasteiger partial charge on any atom is -0.373 e. The molecule has 2 rings (SSSR count). The lowest BCUT2D eigenvalue weighted by molar-refractivity contribution is 0.538. The molecule has 7 heteroatoms. The van der Waals surface area contributed by atoms with Crippen LogP contribution in [-0.4, -0.2) is 31.8 Å². The van der Waals surface area contributed by atoms with Crippen LogP contribution in [0.2, 0.25) is 0 Å². The van der Waals surface area contributed by atoms with Gasteiger partial charge in [0.25, 0.3) is 0 Å². The number of rotatable bonds is 3. The zero-order chi connectivity index (χ0) is 14.9. The van der Waals surface area contributed by atoms with Crippen LogP contribution in [0.25, 0.3) is 0 Å². The van der Waals surface area contributed by atoms with Crippen LogP contribution in [0.5, 0.6) is 0 Å². The lowest BCUT2D eigenvalue weighted by Crippen LogP contribution is -2.18. The van der Waals surface area contributed by atoms with E-state index in [0.29, 0.717) is 0 Å². The molecule has 0 fully saturated rings. The Hall–Kier alpha value is -1.63. The van der Waals surface area contributed by atoms with Gasteiger partial charge < -0.3 is 5.32 Å². The van der Waals surface area contributed by atoms with E-state index in [9.17, 15) is 0 Å². The van der Waals surface area contributed by atoms with Crippen LogP contribution >= 0.6 is 11.8 Å². The molecular weight excluding hydrogens is 272 g/mol. The fourth-order valence-electron chi connectivity index (χ4n) is 1.64. The van der Waals surface area contributed by atoms with Crippen molar-refractivity contribution < 1.29 is 0 Å². The van der Waals surface area contributed by atoms with Crippen molar-refractivity contribution in [3.8, 4) is 0 Å². The Kier molecular flexibility index (Phi) is 3.99. The molecule has 6 nitrogen and oxygen atoms in total. The van der Waals surface area contributed by atoms with Gasteiger partial charge in [0, 0.05) is 25.1 Å². The Morgan fingerprint density at radius 2 is 1.95 bits per heavy atom. The summed E-state index contributed by atoms with van der Waals surface area (Å²) < 4.78 is 1.74. The predicted molar refractivity (Wildman–Crippen MR) is 80.1 cm³/mol. The highest BCUT2D eigenvalue weighted by molar-refractivity contribution is 7.99. The minimum absolute atomic E-state index is 0.103. The summed E-state index contributed by atoms with van der Waals surface area (Å²) in [6.45, 7) is 8.33. The Labute approximate surface area is 123 Å². The second-order valence-electron chi connectivity index (χ2n) is 5.59. The van der Waals surface area contributed by atoms with E-state index in [1.54, 1.807) is 11.0 Å². The normalized spacial score (nSPS) is 11.7. The topological polar surface area (TPSA) is 68.5 Å². The molecule has 0 aliphatic rings. The van der Waals surface area contributed by atoms with Crippen LogP contribution in [0.4, 0.5) is 5.82 Å². The number of aromatic nitrogens is 5. The summed E-state index contributed by atoms with van der Waals surface area (Å²) in [6, 6.07) is 0. The van der Waals surface area contributed by atoms with Crippen LogP contribution in [0.1, 0.15) is 32.2 Å². The maximum absolute atomic E-state index is 4.70. The average molecular weight is 292 g/mol. The maximum Gasteiger partial charge on any atom is 0.192 e. The van der Waals surface area contributed by atoms with Crippen molar-refractivity contribution in [3.63, 3.8) is 0 Å². The highest BCUT2D eigenvalue weighted by Crippen LogP contribution is 2.32. The van der Waals surface area contributed by atoms with Gasteiger partial charge in [-0.2, -0.15) is 5.10 Å². The third-order valence-corrected chi connectivity index (χ3v) is 4.01. The summed E-state index contributed by atoms with van der Waals surface area (Å²) in [7, 11) is 3.74. The number of anilines is 1. The molecule has 108 valence electrons. The fraction of sp³-hybridized carbons (Fsp3) is 0.538. The van der Waals surface area contributed by atoms with Crippen molar-refractivity contribution in [1.82, 2.24) is 24.7 Å². The van der Waals surface area contributed by atoms with Crippen LogP contribution in [0.15, 0.2) is 16.5 Å². The smallest absolute Gasteiger partial charge is 0.192 e. The van der Waals surface area contributed by atoms with Gasteiger partial charge in [-0.05, 0) is 18.7 Å². The van der Waals surface area contributed by atoms with E-state index in [1.807, 2.05) is 21.0 Å². The molecule has 0 atom stereocenters. The first-order chi connectivity index (χ1) is 9.32. The summed E-state index contributed by atoms with van der Waals surface area (Å²) in [6.07, 6.45) is 1.54. The van der Waals surface area contributed by atoms with E-state index in [4.69, 9.17) is 4.98 Å². The van der Waals surface area contributed by atoms with Gasteiger partial charge in [0.1, 0.15) is 23.0 Å². The first-order valence-corrected chi connectivity index (χ1v) is 7.23. The van der Waals surface area contributed by atoms with E-state index >= 15 is 0 Å². The summed E-state index contributed by atoms with van der Waals surface area (Å²) in [5.41, 5.74) is 0.919. The Morgan fingerprint density at radius 1 is 1.25 bits per heavy atom. The molecule has 0 aliphatic heterocycles. The molecule has 0 saturated carbocycles. The first-order valence-electron chi connectivity index (χ1n) is 6.41. The molecule has 2 aromatic heterocycles. The number of nitrogens with zero attached hydrogens (tertiary/aromatic N) is 5. The highest BCUT2D eigenvalue weighted by Gasteiger charge is 2.21. The zero-order valence-electron chi connectivity index (χ0n) is 12.7. The minimum atomic E-state index is -0.103.